The highest BCUT2D eigenvalue weighted by atomic mass is 16.5. The van der Waals surface area contributed by atoms with Crippen LogP contribution in [0.1, 0.15) is 26.7 Å². The molecule has 1 aromatic rings. The zero-order valence-corrected chi connectivity index (χ0v) is 14.3. The van der Waals surface area contributed by atoms with E-state index in [1.807, 2.05) is 31.2 Å². The maximum absolute atomic E-state index is 11.9. The Balaban J connectivity index is 1.60. The Morgan fingerprint density at radius 2 is 1.96 bits per heavy atom. The third-order valence-electron chi connectivity index (χ3n) is 4.10. The summed E-state index contributed by atoms with van der Waals surface area (Å²) in [4.78, 5) is 13.3. The van der Waals surface area contributed by atoms with Gasteiger partial charge in [0.05, 0.1) is 26.2 Å². The molecule has 1 aromatic carbocycles. The zero-order chi connectivity index (χ0) is 16.5. The minimum Gasteiger partial charge on any atom is -0.494 e. The predicted molar refractivity (Wildman–Crippen MR) is 90.1 cm³/mol. The van der Waals surface area contributed by atoms with Crippen LogP contribution >= 0.6 is 0 Å². The van der Waals surface area contributed by atoms with Gasteiger partial charge in [0.1, 0.15) is 18.1 Å². The van der Waals surface area contributed by atoms with E-state index >= 15 is 0 Å². The minimum atomic E-state index is 0.115. The van der Waals surface area contributed by atoms with Gasteiger partial charge in [-0.05, 0) is 44.0 Å². The molecule has 0 saturated carbocycles. The monoisotopic (exact) mass is 321 g/mol. The number of hydrogen-bond donors (Lipinski definition) is 2. The molecule has 0 aromatic heterocycles. The Bertz CT molecular complexity index is 476. The summed E-state index contributed by atoms with van der Waals surface area (Å²) in [6.07, 6.45) is 2.52. The molecule has 5 heteroatoms. The summed E-state index contributed by atoms with van der Waals surface area (Å²) in [7, 11) is 0. The van der Waals surface area contributed by atoms with Gasteiger partial charge in [-0.15, -0.1) is 0 Å². The van der Waals surface area contributed by atoms with Gasteiger partial charge in [0.15, 0.2) is 6.54 Å². The molecule has 23 heavy (non-hydrogen) atoms. The van der Waals surface area contributed by atoms with Crippen LogP contribution in [0.3, 0.4) is 0 Å². The highest BCUT2D eigenvalue weighted by Crippen LogP contribution is 2.17. The van der Waals surface area contributed by atoms with E-state index in [9.17, 15) is 4.79 Å². The lowest BCUT2D eigenvalue weighted by Crippen LogP contribution is -3.14. The number of quaternary nitrogens is 1. The van der Waals surface area contributed by atoms with Gasteiger partial charge in [-0.25, -0.2) is 0 Å². The van der Waals surface area contributed by atoms with Crippen molar-refractivity contribution in [1.29, 1.82) is 0 Å². The number of rotatable bonds is 8. The molecule has 1 unspecified atom stereocenters. The van der Waals surface area contributed by atoms with Gasteiger partial charge < -0.3 is 19.7 Å². The van der Waals surface area contributed by atoms with Crippen LogP contribution in [-0.4, -0.2) is 45.3 Å². The van der Waals surface area contributed by atoms with Crippen molar-refractivity contribution in [2.24, 2.45) is 5.92 Å². The lowest BCUT2D eigenvalue weighted by Gasteiger charge is -2.27. The minimum absolute atomic E-state index is 0.115. The number of nitrogens with one attached hydrogen (secondary N) is 2. The van der Waals surface area contributed by atoms with Gasteiger partial charge >= 0.3 is 0 Å². The lowest BCUT2D eigenvalue weighted by atomic mass is 10.0. The Morgan fingerprint density at radius 1 is 1.26 bits per heavy atom. The van der Waals surface area contributed by atoms with Gasteiger partial charge in [0, 0.05) is 5.92 Å². The van der Waals surface area contributed by atoms with Crippen molar-refractivity contribution in [2.75, 3.05) is 39.4 Å². The quantitative estimate of drug-likeness (QED) is 0.700. The van der Waals surface area contributed by atoms with Crippen LogP contribution < -0.4 is 19.7 Å². The predicted octanol–water partition coefficient (Wildman–Crippen LogP) is 0.895. The molecule has 1 aliphatic rings. The fourth-order valence-electron chi connectivity index (χ4n) is 3.01. The molecular formula is C18H29N2O3+. The Kier molecular flexibility index (Phi) is 7.20. The van der Waals surface area contributed by atoms with E-state index in [1.165, 1.54) is 17.7 Å². The van der Waals surface area contributed by atoms with Gasteiger partial charge in [0.25, 0.3) is 5.91 Å². The Morgan fingerprint density at radius 3 is 2.61 bits per heavy atom. The van der Waals surface area contributed by atoms with Gasteiger partial charge in [-0.1, -0.05) is 6.92 Å². The number of carbonyl (C=O) groups excluding carboxylic acids is 1. The summed E-state index contributed by atoms with van der Waals surface area (Å²) < 4.78 is 11.0. The fraction of sp³-hybridized carbons (Fsp3) is 0.611. The first-order chi connectivity index (χ1) is 11.2. The highest BCUT2D eigenvalue weighted by molar-refractivity contribution is 5.76. The molecule has 0 spiro atoms. The molecular weight excluding hydrogens is 292 g/mol. The van der Waals surface area contributed by atoms with Crippen LogP contribution in [0, 0.1) is 5.92 Å². The molecule has 0 radical (unpaired) electrons. The molecule has 2 rings (SSSR count). The van der Waals surface area contributed by atoms with Crippen LogP contribution in [0.5, 0.6) is 11.5 Å². The van der Waals surface area contributed by atoms with Gasteiger partial charge in [-0.3, -0.25) is 4.79 Å². The fourth-order valence-corrected chi connectivity index (χ4v) is 3.01. The number of piperidine rings is 1. The Labute approximate surface area is 139 Å². The van der Waals surface area contributed by atoms with E-state index in [1.54, 1.807) is 0 Å². The lowest BCUT2D eigenvalue weighted by molar-refractivity contribution is -0.900. The molecule has 2 atom stereocenters. The smallest absolute Gasteiger partial charge is 0.275 e. The SMILES string of the molecule is CCOc1ccc(OCCNC(=O)C[NH+]2CCC[C@H](C)C2)cc1. The molecule has 1 amide bonds. The van der Waals surface area contributed by atoms with Gasteiger partial charge in [-0.2, -0.15) is 0 Å². The number of ether oxygens (including phenoxy) is 2. The second kappa shape index (κ2) is 9.40. The molecule has 128 valence electrons. The summed E-state index contributed by atoms with van der Waals surface area (Å²) in [5, 5.41) is 2.94. The molecule has 1 fully saturated rings. The third kappa shape index (κ3) is 6.48. The number of amides is 1. The van der Waals surface area contributed by atoms with E-state index in [2.05, 4.69) is 12.2 Å². The van der Waals surface area contributed by atoms with E-state index in [4.69, 9.17) is 9.47 Å². The van der Waals surface area contributed by atoms with Crippen LogP contribution in [0.2, 0.25) is 0 Å². The summed E-state index contributed by atoms with van der Waals surface area (Å²) in [5.41, 5.74) is 0. The second-order valence-electron chi connectivity index (χ2n) is 6.23. The normalized spacial score (nSPS) is 20.8. The summed E-state index contributed by atoms with van der Waals surface area (Å²) in [6, 6.07) is 7.54. The topological polar surface area (TPSA) is 52.0 Å². The molecule has 0 bridgehead atoms. The first-order valence-electron chi connectivity index (χ1n) is 8.63. The molecule has 1 heterocycles. The molecule has 2 N–H and O–H groups in total. The first-order valence-corrected chi connectivity index (χ1v) is 8.63. The number of hydrogen-bond acceptors (Lipinski definition) is 3. The summed E-state index contributed by atoms with van der Waals surface area (Å²) >= 11 is 0. The summed E-state index contributed by atoms with van der Waals surface area (Å²) in [5.74, 6) is 2.48. The largest absolute Gasteiger partial charge is 0.494 e. The maximum atomic E-state index is 11.9. The maximum Gasteiger partial charge on any atom is 0.275 e. The molecule has 1 saturated heterocycles. The van der Waals surface area contributed by atoms with Crippen molar-refractivity contribution in [1.82, 2.24) is 5.32 Å². The first kappa shape index (κ1) is 17.6. The third-order valence-corrected chi connectivity index (χ3v) is 4.10. The van der Waals surface area contributed by atoms with Crippen LogP contribution in [-0.2, 0) is 4.79 Å². The Hall–Kier alpha value is -1.75. The van der Waals surface area contributed by atoms with Crippen molar-refractivity contribution >= 4 is 5.91 Å². The molecule has 0 aliphatic carbocycles. The van der Waals surface area contributed by atoms with Crippen molar-refractivity contribution < 1.29 is 19.2 Å². The zero-order valence-electron chi connectivity index (χ0n) is 14.3. The van der Waals surface area contributed by atoms with E-state index in [-0.39, 0.29) is 5.91 Å². The highest BCUT2D eigenvalue weighted by Gasteiger charge is 2.21. The van der Waals surface area contributed by atoms with Crippen molar-refractivity contribution in [3.63, 3.8) is 0 Å². The average molecular weight is 321 g/mol. The van der Waals surface area contributed by atoms with Crippen LogP contribution in [0.25, 0.3) is 0 Å². The van der Waals surface area contributed by atoms with Crippen molar-refractivity contribution in [3.8, 4) is 11.5 Å². The van der Waals surface area contributed by atoms with Crippen LogP contribution in [0.4, 0.5) is 0 Å². The van der Waals surface area contributed by atoms with Crippen molar-refractivity contribution in [3.05, 3.63) is 24.3 Å². The summed E-state index contributed by atoms with van der Waals surface area (Å²) in [6.45, 7) is 8.69. The second-order valence-corrected chi connectivity index (χ2v) is 6.23. The number of carbonyl (C=O) groups is 1. The van der Waals surface area contributed by atoms with Gasteiger partial charge in [0.2, 0.25) is 0 Å². The van der Waals surface area contributed by atoms with E-state index in [0.717, 1.165) is 30.5 Å². The van der Waals surface area contributed by atoms with Crippen molar-refractivity contribution in [2.45, 2.75) is 26.7 Å². The van der Waals surface area contributed by atoms with Crippen LogP contribution in [0.15, 0.2) is 24.3 Å². The number of likely N-dealkylation sites (tertiary alicyclic amines) is 1. The van der Waals surface area contributed by atoms with E-state index < -0.39 is 0 Å². The van der Waals surface area contributed by atoms with E-state index in [0.29, 0.717) is 26.3 Å². The molecule has 5 nitrogen and oxygen atoms in total. The number of benzene rings is 1. The average Bonchev–Trinajstić information content (AvgIpc) is 2.53. The molecule has 1 aliphatic heterocycles. The standard InChI is InChI=1S/C18H28N2O3/c1-3-22-16-6-8-17(9-7-16)23-12-10-19-18(21)14-20-11-4-5-15(2)13-20/h6-9,15H,3-5,10-14H2,1-2H3,(H,19,21)/p+1/t15-/m0/s1.